The molecular weight excluding hydrogens is 472 g/mol. The van der Waals surface area contributed by atoms with Gasteiger partial charge in [-0.3, -0.25) is 28.8 Å². The van der Waals surface area contributed by atoms with Crippen LogP contribution in [0.5, 0.6) is 0 Å². The molecule has 0 aromatic carbocycles. The Morgan fingerprint density at radius 2 is 1.39 bits per heavy atom. The van der Waals surface area contributed by atoms with Gasteiger partial charge in [0.2, 0.25) is 23.6 Å². The molecule has 6 atom stereocenters. The van der Waals surface area contributed by atoms with Crippen LogP contribution in [0, 0.1) is 17.8 Å². The first kappa shape index (κ1) is 30.9. The van der Waals surface area contributed by atoms with Gasteiger partial charge in [0.1, 0.15) is 23.9 Å². The number of amides is 4. The summed E-state index contributed by atoms with van der Waals surface area (Å²) in [6.45, 7) is 7.73. The van der Waals surface area contributed by atoms with Gasteiger partial charge in [-0.2, -0.15) is 0 Å². The number of primary amides is 2. The fourth-order valence-electron chi connectivity index (χ4n) is 5.21. The molecule has 2 fully saturated rings. The maximum Gasteiger partial charge on any atom is 0.316 e. The summed E-state index contributed by atoms with van der Waals surface area (Å²) in [7, 11) is 0. The molecule has 204 valence electrons. The van der Waals surface area contributed by atoms with Gasteiger partial charge in [-0.1, -0.05) is 40.5 Å². The number of carboxylic acids is 2. The Kier molecular flexibility index (Phi) is 11.8. The Morgan fingerprint density at radius 3 is 1.78 bits per heavy atom. The number of carbonyl (C=O) groups is 6. The third kappa shape index (κ3) is 6.94. The summed E-state index contributed by atoms with van der Waals surface area (Å²) in [6.07, 6.45) is 4.08. The maximum absolute atomic E-state index is 12.1. The monoisotopic (exact) mass is 512 g/mol. The number of carbonyl (C=O) groups excluding carboxylic acids is 4. The average molecular weight is 513 g/mol. The Bertz CT molecular complexity index is 846. The highest BCUT2D eigenvalue weighted by atomic mass is 16.4. The van der Waals surface area contributed by atoms with Gasteiger partial charge in [-0.25, -0.2) is 0 Å². The molecular formula is C24H40N4O8. The predicted octanol–water partition coefficient (Wildman–Crippen LogP) is 0.562. The van der Waals surface area contributed by atoms with Crippen LogP contribution < -0.4 is 11.5 Å². The molecule has 0 bridgehead atoms. The molecule has 2 aliphatic rings. The highest BCUT2D eigenvalue weighted by Gasteiger charge is 2.48. The van der Waals surface area contributed by atoms with Crippen molar-refractivity contribution in [3.05, 3.63) is 0 Å². The first-order chi connectivity index (χ1) is 16.9. The van der Waals surface area contributed by atoms with E-state index in [1.807, 2.05) is 13.8 Å². The molecule has 2 heterocycles. The van der Waals surface area contributed by atoms with Gasteiger partial charge >= 0.3 is 11.9 Å². The second-order valence-electron chi connectivity index (χ2n) is 9.32. The average Bonchev–Trinajstić information content (AvgIpc) is 3.27. The molecule has 36 heavy (non-hydrogen) atoms. The van der Waals surface area contributed by atoms with E-state index < -0.39 is 59.5 Å². The highest BCUT2D eigenvalue weighted by Crippen LogP contribution is 2.32. The summed E-state index contributed by atoms with van der Waals surface area (Å²) in [4.78, 5) is 71.7. The van der Waals surface area contributed by atoms with Crippen LogP contribution in [-0.4, -0.2) is 80.3 Å². The van der Waals surface area contributed by atoms with E-state index in [-0.39, 0.29) is 18.4 Å². The molecule has 4 amide bonds. The minimum absolute atomic E-state index is 0.193. The van der Waals surface area contributed by atoms with Gasteiger partial charge in [0.25, 0.3) is 0 Å². The van der Waals surface area contributed by atoms with Crippen LogP contribution in [0.25, 0.3) is 0 Å². The highest BCUT2D eigenvalue weighted by molar-refractivity contribution is 6.01. The van der Waals surface area contributed by atoms with Crippen LogP contribution in [0.1, 0.15) is 72.6 Å². The molecule has 3 unspecified atom stereocenters. The van der Waals surface area contributed by atoms with Crippen LogP contribution in [0.3, 0.4) is 0 Å². The molecule has 12 heteroatoms. The molecule has 0 spiro atoms. The van der Waals surface area contributed by atoms with Crippen molar-refractivity contribution in [2.75, 3.05) is 6.54 Å². The van der Waals surface area contributed by atoms with E-state index in [1.165, 1.54) is 9.80 Å². The molecule has 2 rings (SSSR count). The van der Waals surface area contributed by atoms with E-state index in [9.17, 15) is 28.8 Å². The second-order valence-corrected chi connectivity index (χ2v) is 9.32. The van der Waals surface area contributed by atoms with Crippen LogP contribution in [-0.2, 0) is 28.8 Å². The Balaban J connectivity index is 0.000000360. The minimum atomic E-state index is -1.12. The van der Waals surface area contributed by atoms with E-state index in [2.05, 4.69) is 0 Å². The van der Waals surface area contributed by atoms with Crippen molar-refractivity contribution >= 4 is 35.6 Å². The molecule has 12 nitrogen and oxygen atoms in total. The van der Waals surface area contributed by atoms with Gasteiger partial charge in [0.05, 0.1) is 0 Å². The Morgan fingerprint density at radius 1 is 0.861 bits per heavy atom. The lowest BCUT2D eigenvalue weighted by Crippen LogP contribution is -2.49. The summed E-state index contributed by atoms with van der Waals surface area (Å²) in [5.41, 5.74) is 10.5. The number of likely N-dealkylation sites (tertiary alicyclic amines) is 2. The van der Waals surface area contributed by atoms with Crippen LogP contribution in [0.2, 0.25) is 0 Å². The normalized spacial score (nSPS) is 25.2. The van der Waals surface area contributed by atoms with Crippen LogP contribution in [0.15, 0.2) is 0 Å². The summed E-state index contributed by atoms with van der Waals surface area (Å²) < 4.78 is 0. The lowest BCUT2D eigenvalue weighted by atomic mass is 9.92. The molecule has 2 aliphatic heterocycles. The smallest absolute Gasteiger partial charge is 0.316 e. The summed E-state index contributed by atoms with van der Waals surface area (Å²) in [5.74, 6) is -6.63. The van der Waals surface area contributed by atoms with Crippen LogP contribution in [0.4, 0.5) is 0 Å². The Labute approximate surface area is 211 Å². The van der Waals surface area contributed by atoms with Crippen molar-refractivity contribution in [3.63, 3.8) is 0 Å². The van der Waals surface area contributed by atoms with Crippen molar-refractivity contribution in [2.45, 2.75) is 90.8 Å². The molecule has 0 aliphatic carbocycles. The number of nitrogens with two attached hydrogens (primary N) is 2. The van der Waals surface area contributed by atoms with E-state index in [4.69, 9.17) is 21.7 Å². The van der Waals surface area contributed by atoms with Gasteiger partial charge < -0.3 is 31.5 Å². The summed E-state index contributed by atoms with van der Waals surface area (Å²) in [6, 6.07) is -1.58. The first-order valence-electron chi connectivity index (χ1n) is 12.5. The van der Waals surface area contributed by atoms with E-state index in [0.29, 0.717) is 32.2 Å². The minimum Gasteiger partial charge on any atom is -0.481 e. The van der Waals surface area contributed by atoms with Gasteiger partial charge in [0.15, 0.2) is 0 Å². The van der Waals surface area contributed by atoms with E-state index in [1.54, 1.807) is 13.8 Å². The first-order valence-corrected chi connectivity index (χ1v) is 12.5. The van der Waals surface area contributed by atoms with Gasteiger partial charge in [0, 0.05) is 12.6 Å². The van der Waals surface area contributed by atoms with E-state index in [0.717, 1.165) is 12.8 Å². The largest absolute Gasteiger partial charge is 0.481 e. The quantitative estimate of drug-likeness (QED) is 0.271. The molecule has 6 N–H and O–H groups in total. The second kappa shape index (κ2) is 13.8. The van der Waals surface area contributed by atoms with Gasteiger partial charge in [-0.05, 0) is 38.0 Å². The number of aliphatic carboxylic acids is 2. The number of hydrogen-bond donors (Lipinski definition) is 4. The van der Waals surface area contributed by atoms with E-state index >= 15 is 0 Å². The predicted molar refractivity (Wildman–Crippen MR) is 129 cm³/mol. The zero-order chi connectivity index (χ0) is 27.7. The number of nitrogens with zero attached hydrogens (tertiary/aromatic N) is 2. The Hall–Kier alpha value is -3.18. The fourth-order valence-corrected chi connectivity index (χ4v) is 5.21. The zero-order valence-corrected chi connectivity index (χ0v) is 21.5. The summed E-state index contributed by atoms with van der Waals surface area (Å²) >= 11 is 0. The molecule has 0 radical (unpaired) electrons. The zero-order valence-electron chi connectivity index (χ0n) is 21.5. The molecule has 2 saturated heterocycles. The van der Waals surface area contributed by atoms with Crippen molar-refractivity contribution < 1.29 is 39.0 Å². The number of rotatable bonds is 12. The van der Waals surface area contributed by atoms with Crippen molar-refractivity contribution in [2.24, 2.45) is 29.2 Å². The third-order valence-corrected chi connectivity index (χ3v) is 6.89. The standard InChI is InChI=1S/2C12H20N2O4/c1-3-5-7-6-8(12(17)18)11(16)14(7)9(4-2)10(13)15;1-3-5-7-6-14(8(4-2)10(13)15)11(16)9(7)12(17)18/h2*7-9H,3-6H2,1-2H3,(H2,13,15)(H,17,18)/t7?,8?,9-;7-,8-,9?/m00/s1. The molecule has 0 aromatic heterocycles. The van der Waals surface area contributed by atoms with Crippen molar-refractivity contribution in [3.8, 4) is 0 Å². The summed E-state index contributed by atoms with van der Waals surface area (Å²) in [5, 5.41) is 18.1. The topological polar surface area (TPSA) is 201 Å². The third-order valence-electron chi connectivity index (χ3n) is 6.89. The van der Waals surface area contributed by atoms with Gasteiger partial charge in [-0.15, -0.1) is 0 Å². The van der Waals surface area contributed by atoms with Crippen molar-refractivity contribution in [1.29, 1.82) is 0 Å². The maximum atomic E-state index is 12.1. The SMILES string of the molecule is CCCC1CC(C(=O)O)C(=O)N1[C@@H](CC)C(N)=O.CCC[C@H]1CN([C@@H](CC)C(N)=O)C(=O)C1C(=O)O. The lowest BCUT2D eigenvalue weighted by molar-refractivity contribution is -0.151. The lowest BCUT2D eigenvalue weighted by Gasteiger charge is -2.30. The van der Waals surface area contributed by atoms with Crippen LogP contribution >= 0.6 is 0 Å². The molecule has 0 aromatic rings. The number of carboxylic acid groups (broad SMARTS) is 2. The number of hydrogen-bond acceptors (Lipinski definition) is 6. The fraction of sp³-hybridized carbons (Fsp3) is 0.750. The molecule has 0 saturated carbocycles. The van der Waals surface area contributed by atoms with Crippen molar-refractivity contribution in [1.82, 2.24) is 9.80 Å².